The Balaban J connectivity index is 1.57. The van der Waals surface area contributed by atoms with Gasteiger partial charge in [-0.15, -0.1) is 0 Å². The largest absolute Gasteiger partial charge is 0.373 e. The van der Waals surface area contributed by atoms with Gasteiger partial charge in [0.15, 0.2) is 0 Å². The minimum Gasteiger partial charge on any atom is -0.373 e. The van der Waals surface area contributed by atoms with Crippen molar-refractivity contribution in [2.24, 2.45) is 0 Å². The first-order chi connectivity index (χ1) is 8.77. The van der Waals surface area contributed by atoms with Gasteiger partial charge in [0, 0.05) is 0 Å². The first kappa shape index (κ1) is 11.7. The van der Waals surface area contributed by atoms with Gasteiger partial charge in [0.25, 0.3) is 5.91 Å². The Morgan fingerprint density at radius 3 is 3.00 bits per heavy atom. The summed E-state index contributed by atoms with van der Waals surface area (Å²) in [4.78, 5) is 18.6. The molecule has 1 spiro atoms. The molecule has 5 heteroatoms. The maximum absolute atomic E-state index is 11.9. The summed E-state index contributed by atoms with van der Waals surface area (Å²) < 4.78 is 5.97. The monoisotopic (exact) mass is 249 g/mol. The van der Waals surface area contributed by atoms with E-state index < -0.39 is 0 Å². The van der Waals surface area contributed by atoms with E-state index in [1.54, 1.807) is 6.20 Å². The molecule has 1 aliphatic heterocycles. The van der Waals surface area contributed by atoms with Crippen LogP contribution >= 0.6 is 0 Å². The van der Waals surface area contributed by atoms with Crippen LogP contribution in [-0.2, 0) is 4.74 Å². The second-order valence-electron chi connectivity index (χ2n) is 5.39. The summed E-state index contributed by atoms with van der Waals surface area (Å²) in [5.74, 6) is -0.0889. The number of nitrogens with one attached hydrogen (secondary N) is 2. The number of carbonyl (C=O) groups is 1. The van der Waals surface area contributed by atoms with Gasteiger partial charge in [-0.25, -0.2) is 4.98 Å². The molecule has 0 bridgehead atoms. The van der Waals surface area contributed by atoms with Crippen LogP contribution in [-0.4, -0.2) is 34.1 Å². The van der Waals surface area contributed by atoms with E-state index in [-0.39, 0.29) is 17.6 Å². The minimum absolute atomic E-state index is 0.0458. The molecule has 1 aromatic heterocycles. The van der Waals surface area contributed by atoms with Gasteiger partial charge in [-0.3, -0.25) is 4.79 Å². The number of amides is 1. The first-order valence-electron chi connectivity index (χ1n) is 6.71. The lowest BCUT2D eigenvalue weighted by Crippen LogP contribution is -2.37. The first-order valence-corrected chi connectivity index (χ1v) is 6.71. The standard InChI is InChI=1S/C13H19N3O2/c17-12(11-7-14-9-15-11)16-10-6-13(18-8-10)4-2-1-3-5-13/h7,9-10H,1-6,8H2,(H,14,15)(H,16,17)/t10-/m1/s1. The van der Waals surface area contributed by atoms with Gasteiger partial charge in [-0.1, -0.05) is 19.3 Å². The number of imidazole rings is 1. The van der Waals surface area contributed by atoms with Crippen molar-refractivity contribution in [1.29, 1.82) is 0 Å². The molecule has 3 rings (SSSR count). The lowest BCUT2D eigenvalue weighted by Gasteiger charge is -2.32. The number of carbonyl (C=O) groups excluding carboxylic acids is 1. The molecule has 1 amide bonds. The summed E-state index contributed by atoms with van der Waals surface area (Å²) in [6.07, 6.45) is 10.1. The Labute approximate surface area is 106 Å². The summed E-state index contributed by atoms with van der Waals surface area (Å²) in [5, 5.41) is 3.02. The van der Waals surface area contributed by atoms with Gasteiger partial charge < -0.3 is 15.0 Å². The highest BCUT2D eigenvalue weighted by Gasteiger charge is 2.41. The zero-order valence-corrected chi connectivity index (χ0v) is 10.4. The third kappa shape index (κ3) is 2.27. The number of nitrogens with zero attached hydrogens (tertiary/aromatic N) is 1. The molecule has 1 aromatic rings. The second kappa shape index (κ2) is 4.72. The number of aromatic nitrogens is 2. The van der Waals surface area contributed by atoms with E-state index >= 15 is 0 Å². The number of rotatable bonds is 2. The van der Waals surface area contributed by atoms with E-state index in [0.29, 0.717) is 12.3 Å². The number of H-pyrrole nitrogens is 1. The summed E-state index contributed by atoms with van der Waals surface area (Å²) in [7, 11) is 0. The highest BCUT2D eigenvalue weighted by Crippen LogP contribution is 2.39. The molecule has 2 fully saturated rings. The van der Waals surface area contributed by atoms with Crippen molar-refractivity contribution in [2.75, 3.05) is 6.61 Å². The van der Waals surface area contributed by atoms with Crippen molar-refractivity contribution in [3.05, 3.63) is 18.2 Å². The molecule has 1 saturated carbocycles. The minimum atomic E-state index is -0.0889. The Bertz CT molecular complexity index is 410. The van der Waals surface area contributed by atoms with Crippen LogP contribution in [0.4, 0.5) is 0 Å². The zero-order chi connectivity index (χ0) is 12.4. The Morgan fingerprint density at radius 2 is 2.28 bits per heavy atom. The quantitative estimate of drug-likeness (QED) is 0.837. The van der Waals surface area contributed by atoms with Gasteiger partial charge in [0.2, 0.25) is 0 Å². The zero-order valence-electron chi connectivity index (χ0n) is 10.4. The predicted octanol–water partition coefficient (Wildman–Crippen LogP) is 1.63. The van der Waals surface area contributed by atoms with E-state index in [9.17, 15) is 4.79 Å². The SMILES string of the molecule is O=C(N[C@H]1COC2(CCCCC2)C1)c1cnc[nH]1. The van der Waals surface area contributed by atoms with Crippen LogP contribution in [0.1, 0.15) is 49.0 Å². The molecule has 0 unspecified atom stereocenters. The molecule has 0 radical (unpaired) electrons. The fourth-order valence-electron chi connectivity index (χ4n) is 3.12. The van der Waals surface area contributed by atoms with Crippen LogP contribution in [0.5, 0.6) is 0 Å². The Kier molecular flexibility index (Phi) is 3.07. The molecule has 0 aromatic carbocycles. The lowest BCUT2D eigenvalue weighted by molar-refractivity contribution is -0.0246. The van der Waals surface area contributed by atoms with Crippen molar-refractivity contribution in [1.82, 2.24) is 15.3 Å². The molecule has 98 valence electrons. The third-order valence-electron chi connectivity index (χ3n) is 4.05. The van der Waals surface area contributed by atoms with Crippen molar-refractivity contribution in [3.63, 3.8) is 0 Å². The molecule has 1 aliphatic carbocycles. The van der Waals surface area contributed by atoms with E-state index in [2.05, 4.69) is 15.3 Å². The van der Waals surface area contributed by atoms with E-state index in [4.69, 9.17) is 4.74 Å². The number of hydrogen-bond donors (Lipinski definition) is 2. The van der Waals surface area contributed by atoms with Gasteiger partial charge in [-0.05, 0) is 19.3 Å². The van der Waals surface area contributed by atoms with Gasteiger partial charge in [0.05, 0.1) is 30.8 Å². The van der Waals surface area contributed by atoms with E-state index in [1.807, 2.05) is 0 Å². The molecule has 2 N–H and O–H groups in total. The van der Waals surface area contributed by atoms with Crippen LogP contribution in [0, 0.1) is 0 Å². The van der Waals surface area contributed by atoms with Crippen LogP contribution in [0.15, 0.2) is 12.5 Å². The lowest BCUT2D eigenvalue weighted by atomic mass is 9.82. The van der Waals surface area contributed by atoms with Crippen LogP contribution in [0.25, 0.3) is 0 Å². The number of hydrogen-bond acceptors (Lipinski definition) is 3. The van der Waals surface area contributed by atoms with Gasteiger partial charge in [0.1, 0.15) is 5.69 Å². The Morgan fingerprint density at radius 1 is 1.44 bits per heavy atom. The van der Waals surface area contributed by atoms with Crippen molar-refractivity contribution in [3.8, 4) is 0 Å². The predicted molar refractivity (Wildman–Crippen MR) is 66.2 cm³/mol. The average molecular weight is 249 g/mol. The van der Waals surface area contributed by atoms with E-state index in [0.717, 1.165) is 19.3 Å². The molecular formula is C13H19N3O2. The molecule has 1 atom stereocenters. The van der Waals surface area contributed by atoms with Crippen molar-refractivity contribution in [2.45, 2.75) is 50.2 Å². The van der Waals surface area contributed by atoms with Crippen LogP contribution in [0.2, 0.25) is 0 Å². The average Bonchev–Trinajstić information content (AvgIpc) is 3.01. The number of ether oxygens (including phenoxy) is 1. The van der Waals surface area contributed by atoms with Gasteiger partial charge in [-0.2, -0.15) is 0 Å². The van der Waals surface area contributed by atoms with Gasteiger partial charge >= 0.3 is 0 Å². The van der Waals surface area contributed by atoms with E-state index in [1.165, 1.54) is 25.6 Å². The van der Waals surface area contributed by atoms with Crippen LogP contribution < -0.4 is 5.32 Å². The molecular weight excluding hydrogens is 230 g/mol. The fourth-order valence-corrected chi connectivity index (χ4v) is 3.12. The van der Waals surface area contributed by atoms with Crippen molar-refractivity contribution >= 4 is 5.91 Å². The second-order valence-corrected chi connectivity index (χ2v) is 5.39. The van der Waals surface area contributed by atoms with Crippen molar-refractivity contribution < 1.29 is 9.53 Å². The normalized spacial score (nSPS) is 26.3. The topological polar surface area (TPSA) is 67.0 Å². The summed E-state index contributed by atoms with van der Waals surface area (Å²) >= 11 is 0. The summed E-state index contributed by atoms with van der Waals surface area (Å²) in [6.45, 7) is 0.639. The molecule has 5 nitrogen and oxygen atoms in total. The highest BCUT2D eigenvalue weighted by molar-refractivity contribution is 5.92. The smallest absolute Gasteiger partial charge is 0.269 e. The fraction of sp³-hybridized carbons (Fsp3) is 0.692. The maximum Gasteiger partial charge on any atom is 0.269 e. The Hall–Kier alpha value is -1.36. The van der Waals surface area contributed by atoms with Crippen LogP contribution in [0.3, 0.4) is 0 Å². The highest BCUT2D eigenvalue weighted by atomic mass is 16.5. The summed E-state index contributed by atoms with van der Waals surface area (Å²) in [5.41, 5.74) is 0.559. The maximum atomic E-state index is 11.9. The molecule has 2 heterocycles. The number of aromatic amines is 1. The molecule has 1 saturated heterocycles. The molecule has 2 aliphatic rings. The molecule has 18 heavy (non-hydrogen) atoms. The third-order valence-corrected chi connectivity index (χ3v) is 4.05. The summed E-state index contributed by atoms with van der Waals surface area (Å²) in [6, 6.07) is 0.138.